The van der Waals surface area contributed by atoms with Crippen molar-refractivity contribution in [3.63, 3.8) is 0 Å². The van der Waals surface area contributed by atoms with Crippen molar-refractivity contribution in [2.75, 3.05) is 37.4 Å². The van der Waals surface area contributed by atoms with E-state index in [1.165, 1.54) is 0 Å². The molecule has 0 radical (unpaired) electrons. The number of anilines is 2. The molecule has 2 unspecified atom stereocenters. The lowest BCUT2D eigenvalue weighted by molar-refractivity contribution is -0.120. The lowest BCUT2D eigenvalue weighted by Crippen LogP contribution is -2.28. The number of hydrogen-bond donors (Lipinski definition) is 2. The highest BCUT2D eigenvalue weighted by molar-refractivity contribution is 5.95. The molecule has 0 saturated carbocycles. The average Bonchev–Trinajstić information content (AvgIpc) is 2.76. The van der Waals surface area contributed by atoms with Gasteiger partial charge in [-0.05, 0) is 24.6 Å². The molecule has 2 rings (SSSR count). The maximum atomic E-state index is 12.2. The summed E-state index contributed by atoms with van der Waals surface area (Å²) in [6, 6.07) is 3.71. The maximum Gasteiger partial charge on any atom is 0.229 e. The second kappa shape index (κ2) is 5.35. The Bertz CT molecular complexity index is 433. The zero-order valence-electron chi connectivity index (χ0n) is 11.1. The largest absolute Gasteiger partial charge is 0.361 e. The van der Waals surface area contributed by atoms with Gasteiger partial charge in [-0.2, -0.15) is 0 Å². The number of amides is 1. The van der Waals surface area contributed by atoms with Gasteiger partial charge in [-0.1, -0.05) is 6.92 Å². The molecule has 0 bridgehead atoms. The fraction of sp³-hybridized carbons (Fsp3) is 0.538. The lowest BCUT2D eigenvalue weighted by Gasteiger charge is -2.19. The first kappa shape index (κ1) is 12.8. The van der Waals surface area contributed by atoms with E-state index in [-0.39, 0.29) is 11.8 Å². The minimum atomic E-state index is 0.0419. The first-order valence-electron chi connectivity index (χ1n) is 6.23. The van der Waals surface area contributed by atoms with E-state index in [4.69, 9.17) is 0 Å². The molecule has 1 fully saturated rings. The van der Waals surface area contributed by atoms with Crippen LogP contribution >= 0.6 is 0 Å². The predicted octanol–water partition coefficient (Wildman–Crippen LogP) is 0.942. The van der Waals surface area contributed by atoms with Crippen LogP contribution in [0.5, 0.6) is 0 Å². The smallest absolute Gasteiger partial charge is 0.229 e. The minimum Gasteiger partial charge on any atom is -0.361 e. The van der Waals surface area contributed by atoms with Gasteiger partial charge in [-0.25, -0.2) is 4.98 Å². The molecule has 2 N–H and O–H groups in total. The van der Waals surface area contributed by atoms with Crippen LogP contribution in [0.2, 0.25) is 0 Å². The summed E-state index contributed by atoms with van der Waals surface area (Å²) in [5, 5.41) is 6.22. The fourth-order valence-corrected chi connectivity index (χ4v) is 2.24. The molecule has 0 aliphatic carbocycles. The molecule has 98 valence electrons. The first-order valence-corrected chi connectivity index (χ1v) is 6.23. The molecule has 5 nitrogen and oxygen atoms in total. The van der Waals surface area contributed by atoms with Gasteiger partial charge >= 0.3 is 0 Å². The minimum absolute atomic E-state index is 0.0419. The lowest BCUT2D eigenvalue weighted by atomic mass is 9.97. The number of pyridine rings is 1. The molecule has 0 aromatic carbocycles. The fourth-order valence-electron chi connectivity index (χ4n) is 2.24. The third-order valence-electron chi connectivity index (χ3n) is 3.32. The van der Waals surface area contributed by atoms with Gasteiger partial charge in [0, 0.05) is 26.8 Å². The summed E-state index contributed by atoms with van der Waals surface area (Å²) in [7, 11) is 3.83. The van der Waals surface area contributed by atoms with Gasteiger partial charge in [0.2, 0.25) is 5.91 Å². The number of rotatable bonds is 3. The summed E-state index contributed by atoms with van der Waals surface area (Å²) in [4.78, 5) is 18.4. The number of aromatic nitrogens is 1. The highest BCUT2D eigenvalue weighted by Gasteiger charge is 2.29. The van der Waals surface area contributed by atoms with Crippen molar-refractivity contribution >= 4 is 17.4 Å². The van der Waals surface area contributed by atoms with Crippen molar-refractivity contribution in [3.8, 4) is 0 Å². The zero-order valence-corrected chi connectivity index (χ0v) is 11.1. The van der Waals surface area contributed by atoms with E-state index in [0.717, 1.165) is 24.6 Å². The third kappa shape index (κ3) is 2.61. The van der Waals surface area contributed by atoms with E-state index in [1.54, 1.807) is 6.20 Å². The van der Waals surface area contributed by atoms with E-state index in [9.17, 15) is 4.79 Å². The molecule has 2 heterocycles. The van der Waals surface area contributed by atoms with Crippen LogP contribution in [-0.4, -0.2) is 38.1 Å². The molecule has 1 aliphatic rings. The molecule has 5 heteroatoms. The Balaban J connectivity index is 2.11. The monoisotopic (exact) mass is 248 g/mol. The van der Waals surface area contributed by atoms with Gasteiger partial charge in [-0.3, -0.25) is 4.79 Å². The number of nitrogens with zero attached hydrogens (tertiary/aromatic N) is 2. The average molecular weight is 248 g/mol. The standard InChI is InChI=1S/C13H20N4O/c1-9-7-14-8-10(9)13(18)16-11-5-4-6-15-12(11)17(2)3/h4-6,9-10,14H,7-8H2,1-3H3,(H,16,18). The van der Waals surface area contributed by atoms with E-state index in [1.807, 2.05) is 31.1 Å². The SMILES string of the molecule is CC1CNCC1C(=O)Nc1cccnc1N(C)C. The third-order valence-corrected chi connectivity index (χ3v) is 3.32. The number of carbonyl (C=O) groups is 1. The van der Waals surface area contributed by atoms with Gasteiger partial charge in [0.15, 0.2) is 5.82 Å². The second-order valence-electron chi connectivity index (χ2n) is 5.00. The van der Waals surface area contributed by atoms with Gasteiger partial charge in [0.25, 0.3) is 0 Å². The number of carbonyl (C=O) groups excluding carboxylic acids is 1. The van der Waals surface area contributed by atoms with Gasteiger partial charge in [0.1, 0.15) is 0 Å². The summed E-state index contributed by atoms with van der Waals surface area (Å²) in [5.41, 5.74) is 0.770. The molecule has 1 amide bonds. The van der Waals surface area contributed by atoms with E-state index < -0.39 is 0 Å². The van der Waals surface area contributed by atoms with Crippen LogP contribution in [0.25, 0.3) is 0 Å². The molecule has 2 atom stereocenters. The Kier molecular flexibility index (Phi) is 3.81. The van der Waals surface area contributed by atoms with Crippen LogP contribution < -0.4 is 15.5 Å². The quantitative estimate of drug-likeness (QED) is 0.836. The normalized spacial score (nSPS) is 22.8. The Labute approximate surface area is 108 Å². The van der Waals surface area contributed by atoms with Gasteiger partial charge in [-0.15, -0.1) is 0 Å². The van der Waals surface area contributed by atoms with Crippen molar-refractivity contribution < 1.29 is 4.79 Å². The van der Waals surface area contributed by atoms with Gasteiger partial charge in [0.05, 0.1) is 11.6 Å². The van der Waals surface area contributed by atoms with E-state index in [2.05, 4.69) is 22.5 Å². The predicted molar refractivity (Wildman–Crippen MR) is 72.7 cm³/mol. The van der Waals surface area contributed by atoms with Crippen molar-refractivity contribution in [2.24, 2.45) is 11.8 Å². The van der Waals surface area contributed by atoms with Crippen molar-refractivity contribution in [3.05, 3.63) is 18.3 Å². The van der Waals surface area contributed by atoms with Crippen LogP contribution in [-0.2, 0) is 4.79 Å². The van der Waals surface area contributed by atoms with Crippen LogP contribution in [0.1, 0.15) is 6.92 Å². The Morgan fingerprint density at radius 2 is 2.28 bits per heavy atom. The van der Waals surface area contributed by atoms with Crippen molar-refractivity contribution in [1.82, 2.24) is 10.3 Å². The summed E-state index contributed by atoms with van der Waals surface area (Å²) in [6.45, 7) is 3.76. The van der Waals surface area contributed by atoms with Crippen LogP contribution in [0, 0.1) is 11.8 Å². The Hall–Kier alpha value is -1.62. The van der Waals surface area contributed by atoms with Crippen LogP contribution in [0.3, 0.4) is 0 Å². The molecule has 1 aliphatic heterocycles. The first-order chi connectivity index (χ1) is 8.59. The van der Waals surface area contributed by atoms with Crippen LogP contribution in [0.4, 0.5) is 11.5 Å². The second-order valence-corrected chi connectivity index (χ2v) is 5.00. The molecule has 1 aromatic rings. The molecule has 1 saturated heterocycles. The molecular formula is C13H20N4O. The molecule has 0 spiro atoms. The highest BCUT2D eigenvalue weighted by Crippen LogP contribution is 2.23. The topological polar surface area (TPSA) is 57.3 Å². The Morgan fingerprint density at radius 3 is 2.89 bits per heavy atom. The van der Waals surface area contributed by atoms with Crippen LogP contribution in [0.15, 0.2) is 18.3 Å². The molecule has 18 heavy (non-hydrogen) atoms. The number of hydrogen-bond acceptors (Lipinski definition) is 4. The Morgan fingerprint density at radius 1 is 1.50 bits per heavy atom. The maximum absolute atomic E-state index is 12.2. The van der Waals surface area contributed by atoms with E-state index >= 15 is 0 Å². The highest BCUT2D eigenvalue weighted by atomic mass is 16.2. The summed E-state index contributed by atoms with van der Waals surface area (Å²) in [6.07, 6.45) is 1.73. The number of nitrogens with one attached hydrogen (secondary N) is 2. The summed E-state index contributed by atoms with van der Waals surface area (Å²) in [5.74, 6) is 1.28. The zero-order chi connectivity index (χ0) is 13.1. The van der Waals surface area contributed by atoms with Gasteiger partial charge < -0.3 is 15.5 Å². The molecule has 1 aromatic heterocycles. The van der Waals surface area contributed by atoms with Crippen molar-refractivity contribution in [2.45, 2.75) is 6.92 Å². The van der Waals surface area contributed by atoms with Crippen molar-refractivity contribution in [1.29, 1.82) is 0 Å². The van der Waals surface area contributed by atoms with E-state index in [0.29, 0.717) is 5.92 Å². The summed E-state index contributed by atoms with van der Waals surface area (Å²) < 4.78 is 0. The molecular weight excluding hydrogens is 228 g/mol. The summed E-state index contributed by atoms with van der Waals surface area (Å²) >= 11 is 0.